The minimum atomic E-state index is -4.41. The van der Waals surface area contributed by atoms with Crippen LogP contribution in [-0.4, -0.2) is 40.6 Å². The molecule has 0 bridgehead atoms. The van der Waals surface area contributed by atoms with E-state index in [9.17, 15) is 23.2 Å². The van der Waals surface area contributed by atoms with Crippen LogP contribution in [0.4, 0.5) is 18.0 Å². The number of carbonyl (C=O) groups is 1. The maximum atomic E-state index is 12.8. The van der Waals surface area contributed by atoms with E-state index in [1.54, 1.807) is 16.1 Å². The Hall–Kier alpha value is -3.28. The SMILES string of the molecule is N#CC(=C1CCN(C(=O)N2CCc3nocc3C2)CC1)c1ccc(C(F)(F)F)cc1. The van der Waals surface area contributed by atoms with Gasteiger partial charge >= 0.3 is 12.2 Å². The molecular formula is C21H19F3N4O2. The summed E-state index contributed by atoms with van der Waals surface area (Å²) in [4.78, 5) is 16.4. The van der Waals surface area contributed by atoms with Crippen molar-refractivity contribution in [2.45, 2.75) is 32.0 Å². The van der Waals surface area contributed by atoms with E-state index in [0.29, 0.717) is 56.6 Å². The van der Waals surface area contributed by atoms with E-state index in [2.05, 4.69) is 11.2 Å². The quantitative estimate of drug-likeness (QED) is 0.652. The minimum absolute atomic E-state index is 0.0612. The van der Waals surface area contributed by atoms with Gasteiger partial charge in [-0.05, 0) is 36.1 Å². The molecule has 1 aromatic carbocycles. The molecule has 0 radical (unpaired) electrons. The van der Waals surface area contributed by atoms with Crippen molar-refractivity contribution in [2.24, 2.45) is 0 Å². The topological polar surface area (TPSA) is 73.4 Å². The molecule has 30 heavy (non-hydrogen) atoms. The number of nitriles is 1. The number of likely N-dealkylation sites (tertiary alicyclic amines) is 1. The fourth-order valence-corrected chi connectivity index (χ4v) is 3.90. The van der Waals surface area contributed by atoms with Crippen LogP contribution in [0.1, 0.15) is 35.2 Å². The Labute approximate surface area is 171 Å². The molecule has 1 aromatic heterocycles. The van der Waals surface area contributed by atoms with Gasteiger partial charge in [0.1, 0.15) is 6.26 Å². The zero-order valence-corrected chi connectivity index (χ0v) is 16.1. The Morgan fingerprint density at radius 2 is 1.73 bits per heavy atom. The van der Waals surface area contributed by atoms with Gasteiger partial charge in [0.25, 0.3) is 0 Å². The van der Waals surface area contributed by atoms with E-state index < -0.39 is 11.7 Å². The fourth-order valence-electron chi connectivity index (χ4n) is 3.90. The molecule has 3 heterocycles. The Morgan fingerprint density at radius 1 is 1.07 bits per heavy atom. The maximum Gasteiger partial charge on any atom is 0.416 e. The monoisotopic (exact) mass is 416 g/mol. The largest absolute Gasteiger partial charge is 0.416 e. The zero-order chi connectivity index (χ0) is 21.3. The fraction of sp³-hybridized carbons (Fsp3) is 0.381. The van der Waals surface area contributed by atoms with Crippen LogP contribution in [0.2, 0.25) is 0 Å². The predicted octanol–water partition coefficient (Wildman–Crippen LogP) is 4.24. The lowest BCUT2D eigenvalue weighted by Crippen LogP contribution is -2.47. The van der Waals surface area contributed by atoms with Gasteiger partial charge in [0, 0.05) is 31.6 Å². The minimum Gasteiger partial charge on any atom is -0.364 e. The van der Waals surface area contributed by atoms with E-state index >= 15 is 0 Å². The highest BCUT2D eigenvalue weighted by Crippen LogP contribution is 2.32. The van der Waals surface area contributed by atoms with Crippen molar-refractivity contribution in [2.75, 3.05) is 19.6 Å². The van der Waals surface area contributed by atoms with E-state index in [1.807, 2.05) is 0 Å². The van der Waals surface area contributed by atoms with Gasteiger partial charge < -0.3 is 14.3 Å². The molecule has 9 heteroatoms. The third-order valence-corrected chi connectivity index (χ3v) is 5.58. The second-order valence-electron chi connectivity index (χ2n) is 7.39. The van der Waals surface area contributed by atoms with Crippen molar-refractivity contribution < 1.29 is 22.5 Å². The number of hydrogen-bond acceptors (Lipinski definition) is 4. The highest BCUT2D eigenvalue weighted by atomic mass is 19.4. The predicted molar refractivity (Wildman–Crippen MR) is 101 cm³/mol. The molecule has 1 fully saturated rings. The van der Waals surface area contributed by atoms with Crippen LogP contribution in [0.5, 0.6) is 0 Å². The van der Waals surface area contributed by atoms with Crippen LogP contribution in [0.3, 0.4) is 0 Å². The molecule has 4 rings (SSSR count). The molecule has 2 amide bonds. The Bertz CT molecular complexity index is 1010. The summed E-state index contributed by atoms with van der Waals surface area (Å²) in [6.07, 6.45) is -1.16. The van der Waals surface area contributed by atoms with Gasteiger partial charge in [-0.25, -0.2) is 4.79 Å². The molecule has 0 saturated carbocycles. The summed E-state index contributed by atoms with van der Waals surface area (Å²) in [7, 11) is 0. The molecule has 0 spiro atoms. The van der Waals surface area contributed by atoms with Crippen molar-refractivity contribution in [1.29, 1.82) is 5.26 Å². The first kappa shape index (κ1) is 20.0. The number of amides is 2. The normalized spacial score (nSPS) is 16.8. The van der Waals surface area contributed by atoms with Crippen LogP contribution in [0, 0.1) is 11.3 Å². The van der Waals surface area contributed by atoms with Gasteiger partial charge in [0.05, 0.1) is 29.4 Å². The average Bonchev–Trinajstić information content (AvgIpc) is 3.22. The highest BCUT2D eigenvalue weighted by molar-refractivity contribution is 5.80. The summed E-state index contributed by atoms with van der Waals surface area (Å²) in [5.74, 6) is 0. The smallest absolute Gasteiger partial charge is 0.364 e. The summed E-state index contributed by atoms with van der Waals surface area (Å²) >= 11 is 0. The highest BCUT2D eigenvalue weighted by Gasteiger charge is 2.31. The van der Waals surface area contributed by atoms with E-state index in [1.165, 1.54) is 12.1 Å². The van der Waals surface area contributed by atoms with Gasteiger partial charge in [0.2, 0.25) is 0 Å². The van der Waals surface area contributed by atoms with Gasteiger partial charge in [-0.1, -0.05) is 17.3 Å². The number of urea groups is 1. The van der Waals surface area contributed by atoms with Crippen molar-refractivity contribution >= 4 is 11.6 Å². The van der Waals surface area contributed by atoms with E-state index in [0.717, 1.165) is 29.0 Å². The Kier molecular flexibility index (Phi) is 5.24. The first-order valence-corrected chi connectivity index (χ1v) is 9.62. The Balaban J connectivity index is 1.43. The number of aromatic nitrogens is 1. The number of piperidine rings is 1. The van der Waals surface area contributed by atoms with Crippen molar-refractivity contribution in [1.82, 2.24) is 15.0 Å². The molecule has 2 aromatic rings. The Morgan fingerprint density at radius 3 is 2.37 bits per heavy atom. The summed E-state index contributed by atoms with van der Waals surface area (Å²) in [5, 5.41) is 13.5. The van der Waals surface area contributed by atoms with Crippen LogP contribution in [0.15, 0.2) is 40.6 Å². The van der Waals surface area contributed by atoms with Gasteiger partial charge in [-0.2, -0.15) is 18.4 Å². The van der Waals surface area contributed by atoms with Crippen LogP contribution >= 0.6 is 0 Å². The lowest BCUT2D eigenvalue weighted by molar-refractivity contribution is -0.137. The molecule has 2 aliphatic heterocycles. The average molecular weight is 416 g/mol. The van der Waals surface area contributed by atoms with E-state index in [4.69, 9.17) is 4.52 Å². The number of hydrogen-bond donors (Lipinski definition) is 0. The number of halogens is 3. The number of alkyl halides is 3. The number of allylic oxidation sites excluding steroid dienone is 1. The lowest BCUT2D eigenvalue weighted by Gasteiger charge is -2.35. The van der Waals surface area contributed by atoms with Crippen LogP contribution in [0.25, 0.3) is 5.57 Å². The number of carbonyl (C=O) groups excluding carboxylic acids is 1. The second-order valence-corrected chi connectivity index (χ2v) is 7.39. The molecule has 0 N–H and O–H groups in total. The summed E-state index contributed by atoms with van der Waals surface area (Å²) < 4.78 is 43.3. The number of rotatable bonds is 1. The third kappa shape index (κ3) is 3.90. The van der Waals surface area contributed by atoms with Crippen LogP contribution < -0.4 is 0 Å². The van der Waals surface area contributed by atoms with Gasteiger partial charge in [-0.3, -0.25) is 0 Å². The number of benzene rings is 1. The van der Waals surface area contributed by atoms with Crippen molar-refractivity contribution in [3.8, 4) is 6.07 Å². The first-order chi connectivity index (χ1) is 14.4. The van der Waals surface area contributed by atoms with Crippen molar-refractivity contribution in [3.63, 3.8) is 0 Å². The standard InChI is InChI=1S/C21H19F3N4O2/c22-21(23,24)17-3-1-14(2-4-17)18(11-25)15-5-8-27(9-6-15)20(29)28-10-7-19-16(12-28)13-30-26-19/h1-4,13H,5-10,12H2. The molecular weight excluding hydrogens is 397 g/mol. The first-order valence-electron chi connectivity index (χ1n) is 9.62. The number of fused-ring (bicyclic) bond motifs is 1. The molecule has 156 valence electrons. The molecule has 1 saturated heterocycles. The summed E-state index contributed by atoms with van der Waals surface area (Å²) in [6.45, 7) is 1.97. The number of nitrogens with zero attached hydrogens (tertiary/aromatic N) is 4. The maximum absolute atomic E-state index is 12.8. The summed E-state index contributed by atoms with van der Waals surface area (Å²) in [5.41, 5.74) is 2.78. The molecule has 0 unspecified atom stereocenters. The molecule has 6 nitrogen and oxygen atoms in total. The van der Waals surface area contributed by atoms with Gasteiger partial charge in [-0.15, -0.1) is 0 Å². The van der Waals surface area contributed by atoms with Crippen LogP contribution in [-0.2, 0) is 19.1 Å². The zero-order valence-electron chi connectivity index (χ0n) is 16.1. The molecule has 2 aliphatic rings. The third-order valence-electron chi connectivity index (χ3n) is 5.58. The lowest BCUT2D eigenvalue weighted by atomic mass is 9.93. The van der Waals surface area contributed by atoms with Crippen molar-refractivity contribution in [3.05, 3.63) is 58.5 Å². The molecule has 0 aliphatic carbocycles. The van der Waals surface area contributed by atoms with Gasteiger partial charge in [0.15, 0.2) is 0 Å². The second kappa shape index (κ2) is 7.86. The molecule has 0 atom stereocenters. The summed E-state index contributed by atoms with van der Waals surface area (Å²) in [6, 6.07) is 6.70. The van der Waals surface area contributed by atoms with E-state index in [-0.39, 0.29) is 6.03 Å².